The van der Waals surface area contributed by atoms with Gasteiger partial charge in [-0.3, -0.25) is 4.79 Å². The predicted molar refractivity (Wildman–Crippen MR) is 101 cm³/mol. The highest BCUT2D eigenvalue weighted by Gasteiger charge is 2.30. The number of hydrogen-bond acceptors (Lipinski definition) is 3. The van der Waals surface area contributed by atoms with Gasteiger partial charge in [0.25, 0.3) is 0 Å². The molecule has 2 aromatic rings. The zero-order chi connectivity index (χ0) is 19.4. The molecule has 3 rings (SSSR count). The highest BCUT2D eigenvalue weighted by molar-refractivity contribution is 5.94. The highest BCUT2D eigenvalue weighted by atomic mass is 19.4. The molecule has 7 heteroatoms. The zero-order valence-corrected chi connectivity index (χ0v) is 15.1. The molecule has 2 aromatic carbocycles. The first-order valence-corrected chi connectivity index (χ1v) is 8.89. The van der Waals surface area contributed by atoms with E-state index in [-0.39, 0.29) is 18.1 Å². The van der Waals surface area contributed by atoms with Crippen LogP contribution in [0.4, 0.5) is 30.2 Å². The maximum atomic E-state index is 12.7. The van der Waals surface area contributed by atoms with Crippen LogP contribution in [0, 0.1) is 6.92 Å². The first-order chi connectivity index (χ1) is 12.8. The van der Waals surface area contributed by atoms with Gasteiger partial charge >= 0.3 is 6.18 Å². The number of aryl methyl sites for hydroxylation is 1. The summed E-state index contributed by atoms with van der Waals surface area (Å²) in [5.74, 6) is -0.319. The Bertz CT molecular complexity index is 814. The fourth-order valence-corrected chi connectivity index (χ4v) is 3.24. The van der Waals surface area contributed by atoms with Crippen molar-refractivity contribution in [1.82, 2.24) is 0 Å². The smallest absolute Gasteiger partial charge is 0.376 e. The molecular formula is C20H22F3N3O. The number of hydrogen-bond donors (Lipinski definition) is 2. The molecular weight excluding hydrogens is 355 g/mol. The van der Waals surface area contributed by atoms with E-state index in [4.69, 9.17) is 0 Å². The van der Waals surface area contributed by atoms with Crippen molar-refractivity contribution in [2.24, 2.45) is 0 Å². The number of amides is 1. The molecule has 27 heavy (non-hydrogen) atoms. The number of carbonyl (C=O) groups is 1. The molecule has 144 valence electrons. The third kappa shape index (κ3) is 4.93. The number of nitrogens with one attached hydrogen (secondary N) is 2. The average Bonchev–Trinajstić information content (AvgIpc) is 3.14. The molecule has 1 fully saturated rings. The van der Waals surface area contributed by atoms with Crippen molar-refractivity contribution in [3.8, 4) is 0 Å². The molecule has 1 aliphatic rings. The molecule has 0 atom stereocenters. The number of anilines is 3. The average molecular weight is 377 g/mol. The standard InChI is InChI=1S/C20H22F3N3O/c1-14-11-17(7-8-18(14)26-9-2-3-10-26)25-19(27)13-24-16-6-4-5-15(12-16)20(21,22)23/h4-8,11-12,24H,2-3,9-10,13H2,1H3,(H,25,27). The minimum absolute atomic E-state index is 0.117. The summed E-state index contributed by atoms with van der Waals surface area (Å²) >= 11 is 0. The van der Waals surface area contributed by atoms with Crippen molar-refractivity contribution < 1.29 is 18.0 Å². The summed E-state index contributed by atoms with van der Waals surface area (Å²) in [5, 5.41) is 5.50. The van der Waals surface area contributed by atoms with Crippen LogP contribution < -0.4 is 15.5 Å². The maximum absolute atomic E-state index is 12.7. The Morgan fingerprint density at radius 1 is 1.07 bits per heavy atom. The number of alkyl halides is 3. The first-order valence-electron chi connectivity index (χ1n) is 8.89. The Morgan fingerprint density at radius 2 is 1.81 bits per heavy atom. The van der Waals surface area contributed by atoms with Crippen molar-refractivity contribution in [2.75, 3.05) is 35.2 Å². The van der Waals surface area contributed by atoms with Crippen LogP contribution in [0.5, 0.6) is 0 Å². The van der Waals surface area contributed by atoms with Crippen LogP contribution in [-0.2, 0) is 11.0 Å². The lowest BCUT2D eigenvalue weighted by atomic mass is 10.1. The summed E-state index contributed by atoms with van der Waals surface area (Å²) in [6.07, 6.45) is -2.02. The van der Waals surface area contributed by atoms with E-state index >= 15 is 0 Å². The van der Waals surface area contributed by atoms with E-state index in [2.05, 4.69) is 15.5 Å². The number of nitrogens with zero attached hydrogens (tertiary/aromatic N) is 1. The summed E-state index contributed by atoms with van der Waals surface area (Å²) < 4.78 is 38.2. The molecule has 1 saturated heterocycles. The van der Waals surface area contributed by atoms with Gasteiger partial charge in [-0.1, -0.05) is 6.07 Å². The lowest BCUT2D eigenvalue weighted by molar-refractivity contribution is -0.137. The Balaban J connectivity index is 1.57. The van der Waals surface area contributed by atoms with Gasteiger partial charge in [0.15, 0.2) is 0 Å². The summed E-state index contributed by atoms with van der Waals surface area (Å²) in [5.41, 5.74) is 2.43. The fourth-order valence-electron chi connectivity index (χ4n) is 3.24. The number of halogens is 3. The third-order valence-electron chi connectivity index (χ3n) is 4.57. The van der Waals surface area contributed by atoms with E-state index in [9.17, 15) is 18.0 Å². The second-order valence-electron chi connectivity index (χ2n) is 6.68. The van der Waals surface area contributed by atoms with Gasteiger partial charge in [-0.15, -0.1) is 0 Å². The SMILES string of the molecule is Cc1cc(NC(=O)CNc2cccc(C(F)(F)F)c2)ccc1N1CCCC1. The number of rotatable bonds is 5. The van der Waals surface area contributed by atoms with Gasteiger partial charge in [0.05, 0.1) is 12.1 Å². The second-order valence-corrected chi connectivity index (χ2v) is 6.68. The zero-order valence-electron chi connectivity index (χ0n) is 15.1. The second kappa shape index (κ2) is 7.90. The third-order valence-corrected chi connectivity index (χ3v) is 4.57. The van der Waals surface area contributed by atoms with Crippen molar-refractivity contribution in [3.63, 3.8) is 0 Å². The molecule has 0 aromatic heterocycles. The van der Waals surface area contributed by atoms with Gasteiger partial charge in [-0.2, -0.15) is 13.2 Å². The van der Waals surface area contributed by atoms with Gasteiger partial charge in [0.1, 0.15) is 0 Å². The van der Waals surface area contributed by atoms with Crippen molar-refractivity contribution in [2.45, 2.75) is 25.9 Å². The molecule has 0 radical (unpaired) electrons. The van der Waals surface area contributed by atoms with E-state index in [0.717, 1.165) is 30.8 Å². The van der Waals surface area contributed by atoms with Crippen LogP contribution in [0.2, 0.25) is 0 Å². The van der Waals surface area contributed by atoms with Crippen LogP contribution >= 0.6 is 0 Å². The Hall–Kier alpha value is -2.70. The molecule has 1 aliphatic heterocycles. The molecule has 2 N–H and O–H groups in total. The van der Waals surface area contributed by atoms with Crippen molar-refractivity contribution in [1.29, 1.82) is 0 Å². The van der Waals surface area contributed by atoms with Crippen LogP contribution in [0.15, 0.2) is 42.5 Å². The highest BCUT2D eigenvalue weighted by Crippen LogP contribution is 2.30. The predicted octanol–water partition coefficient (Wildman–Crippen LogP) is 4.66. The summed E-state index contributed by atoms with van der Waals surface area (Å²) in [6, 6.07) is 10.5. The van der Waals surface area contributed by atoms with Crippen LogP contribution in [0.25, 0.3) is 0 Å². The molecule has 1 heterocycles. The van der Waals surface area contributed by atoms with Gasteiger partial charge in [0.2, 0.25) is 5.91 Å². The summed E-state index contributed by atoms with van der Waals surface area (Å²) in [7, 11) is 0. The van der Waals surface area contributed by atoms with Crippen LogP contribution in [0.1, 0.15) is 24.0 Å². The van der Waals surface area contributed by atoms with E-state index in [1.54, 1.807) is 0 Å². The maximum Gasteiger partial charge on any atom is 0.416 e. The molecule has 0 spiro atoms. The van der Waals surface area contributed by atoms with E-state index in [1.165, 1.54) is 30.7 Å². The van der Waals surface area contributed by atoms with E-state index in [0.29, 0.717) is 5.69 Å². The molecule has 4 nitrogen and oxygen atoms in total. The van der Waals surface area contributed by atoms with Gasteiger partial charge in [0, 0.05) is 30.2 Å². The largest absolute Gasteiger partial charge is 0.416 e. The van der Waals surface area contributed by atoms with Gasteiger partial charge < -0.3 is 15.5 Å². The first kappa shape index (κ1) is 19.1. The lowest BCUT2D eigenvalue weighted by Gasteiger charge is -2.20. The Kier molecular flexibility index (Phi) is 5.58. The van der Waals surface area contributed by atoms with E-state index < -0.39 is 11.7 Å². The van der Waals surface area contributed by atoms with Crippen LogP contribution in [-0.4, -0.2) is 25.5 Å². The lowest BCUT2D eigenvalue weighted by Crippen LogP contribution is -2.22. The molecule has 1 amide bonds. The minimum Gasteiger partial charge on any atom is -0.376 e. The topological polar surface area (TPSA) is 44.4 Å². The van der Waals surface area contributed by atoms with E-state index in [1.807, 2.05) is 25.1 Å². The number of carbonyl (C=O) groups excluding carboxylic acids is 1. The molecule has 0 aliphatic carbocycles. The van der Waals surface area contributed by atoms with Crippen LogP contribution in [0.3, 0.4) is 0 Å². The Morgan fingerprint density at radius 3 is 2.48 bits per heavy atom. The normalized spacial score (nSPS) is 14.3. The van der Waals surface area contributed by atoms with Gasteiger partial charge in [-0.05, 0) is 61.7 Å². The monoisotopic (exact) mass is 377 g/mol. The minimum atomic E-state index is -4.41. The van der Waals surface area contributed by atoms with Gasteiger partial charge in [-0.25, -0.2) is 0 Å². The van der Waals surface area contributed by atoms with Crippen molar-refractivity contribution in [3.05, 3.63) is 53.6 Å². The Labute approximate surface area is 156 Å². The summed E-state index contributed by atoms with van der Waals surface area (Å²) in [4.78, 5) is 14.4. The van der Waals surface area contributed by atoms with Crippen molar-refractivity contribution >= 4 is 23.0 Å². The fraction of sp³-hybridized carbons (Fsp3) is 0.350. The molecule has 0 bridgehead atoms. The molecule has 0 unspecified atom stereocenters. The number of benzene rings is 2. The quantitative estimate of drug-likeness (QED) is 0.796. The molecule has 0 saturated carbocycles. The summed E-state index contributed by atoms with van der Waals surface area (Å²) in [6.45, 7) is 3.99.